The lowest BCUT2D eigenvalue weighted by atomic mass is 10.2. The van der Waals surface area contributed by atoms with Crippen molar-refractivity contribution in [1.29, 1.82) is 5.41 Å². The Balaban J connectivity index is 0.00000112. The molecule has 0 bridgehead atoms. The van der Waals surface area contributed by atoms with E-state index in [0.717, 1.165) is 18.4 Å². The predicted molar refractivity (Wildman–Crippen MR) is 62.4 cm³/mol. The molecule has 0 radical (unpaired) electrons. The molecule has 0 heterocycles. The molecular weight excluding hydrogens is 212 g/mol. The van der Waals surface area contributed by atoms with Crippen molar-refractivity contribution in [1.82, 2.24) is 0 Å². The highest BCUT2D eigenvalue weighted by atomic mass is 35.5. The molecule has 0 atom stereocenters. The maximum absolute atomic E-state index is 7.38. The first kappa shape index (κ1) is 12.0. The van der Waals surface area contributed by atoms with Crippen LogP contribution in [0.5, 0.6) is 0 Å². The number of ether oxygens (including phenoxy) is 1. The molecule has 0 amide bonds. The van der Waals surface area contributed by atoms with Crippen LogP contribution in [-0.4, -0.2) is 11.4 Å². The minimum Gasteiger partial charge on any atom is -0.385 e. The van der Waals surface area contributed by atoms with Gasteiger partial charge in [-0.2, -0.15) is 0 Å². The van der Waals surface area contributed by atoms with Crippen LogP contribution in [0.1, 0.15) is 18.4 Å². The van der Waals surface area contributed by atoms with Crippen LogP contribution in [0.2, 0.25) is 0 Å². The fraction of sp³-hybridized carbons (Fsp3) is 0.364. The van der Waals surface area contributed by atoms with Crippen LogP contribution in [0.4, 0.5) is 0 Å². The lowest BCUT2D eigenvalue weighted by molar-refractivity contribution is 0.0656. The third-order valence-corrected chi connectivity index (χ3v) is 2.55. The van der Waals surface area contributed by atoms with Crippen molar-refractivity contribution < 1.29 is 4.74 Å². The highest BCUT2D eigenvalue weighted by Gasteiger charge is 2.47. The third kappa shape index (κ3) is 2.70. The summed E-state index contributed by atoms with van der Waals surface area (Å²) in [5, 5.41) is 7.38. The second kappa shape index (κ2) is 4.64. The van der Waals surface area contributed by atoms with Gasteiger partial charge >= 0.3 is 0 Å². The molecule has 0 saturated heterocycles. The van der Waals surface area contributed by atoms with Gasteiger partial charge in [0.15, 0.2) is 0 Å². The fourth-order valence-electron chi connectivity index (χ4n) is 1.40. The second-order valence-corrected chi connectivity index (χ2v) is 3.68. The number of amidine groups is 1. The molecular formula is C11H15ClN2O. The van der Waals surface area contributed by atoms with Gasteiger partial charge in [-0.1, -0.05) is 30.3 Å². The number of hydrogen-bond acceptors (Lipinski definition) is 2. The van der Waals surface area contributed by atoms with E-state index in [0.29, 0.717) is 6.61 Å². The van der Waals surface area contributed by atoms with E-state index in [1.807, 2.05) is 30.3 Å². The van der Waals surface area contributed by atoms with Crippen molar-refractivity contribution in [3.8, 4) is 0 Å². The summed E-state index contributed by atoms with van der Waals surface area (Å²) in [4.78, 5) is 0. The molecule has 1 aromatic carbocycles. The summed E-state index contributed by atoms with van der Waals surface area (Å²) in [5.74, 6) is 0.161. The second-order valence-electron chi connectivity index (χ2n) is 3.68. The topological polar surface area (TPSA) is 59.1 Å². The quantitative estimate of drug-likeness (QED) is 0.610. The van der Waals surface area contributed by atoms with Crippen molar-refractivity contribution in [2.75, 3.05) is 0 Å². The van der Waals surface area contributed by atoms with E-state index in [-0.39, 0.29) is 18.2 Å². The van der Waals surface area contributed by atoms with Gasteiger partial charge in [-0.15, -0.1) is 12.4 Å². The molecule has 82 valence electrons. The van der Waals surface area contributed by atoms with Crippen LogP contribution in [0.3, 0.4) is 0 Å². The molecule has 1 saturated carbocycles. The van der Waals surface area contributed by atoms with Crippen LogP contribution >= 0.6 is 12.4 Å². The monoisotopic (exact) mass is 226 g/mol. The van der Waals surface area contributed by atoms with E-state index in [1.165, 1.54) is 0 Å². The predicted octanol–water partition coefficient (Wildman–Crippen LogP) is 2.09. The highest BCUT2D eigenvalue weighted by molar-refractivity contribution is 5.89. The zero-order valence-electron chi connectivity index (χ0n) is 8.40. The molecule has 0 spiro atoms. The van der Waals surface area contributed by atoms with E-state index < -0.39 is 5.60 Å². The van der Waals surface area contributed by atoms with Crippen molar-refractivity contribution >= 4 is 18.2 Å². The lowest BCUT2D eigenvalue weighted by Gasteiger charge is -2.14. The number of halogens is 1. The molecule has 0 aliphatic heterocycles. The van der Waals surface area contributed by atoms with Crippen LogP contribution in [0.25, 0.3) is 0 Å². The van der Waals surface area contributed by atoms with Crippen LogP contribution in [0, 0.1) is 5.41 Å². The average molecular weight is 227 g/mol. The Bertz CT molecular complexity index is 336. The first-order valence-electron chi connectivity index (χ1n) is 4.75. The first-order chi connectivity index (χ1) is 6.73. The molecule has 0 aromatic heterocycles. The molecule has 0 unspecified atom stereocenters. The Morgan fingerprint density at radius 2 is 1.93 bits per heavy atom. The van der Waals surface area contributed by atoms with Gasteiger partial charge in [0.05, 0.1) is 6.61 Å². The zero-order chi connectivity index (χ0) is 10.0. The van der Waals surface area contributed by atoms with Gasteiger partial charge in [0.2, 0.25) is 0 Å². The number of nitrogens with two attached hydrogens (primary N) is 1. The Morgan fingerprint density at radius 3 is 2.40 bits per heavy atom. The standard InChI is InChI=1S/C11H14N2O.ClH/c12-10(13)11(6-7-11)14-8-9-4-2-1-3-5-9;/h1-5H,6-8H2,(H3,12,13);1H. The van der Waals surface area contributed by atoms with E-state index in [4.69, 9.17) is 15.9 Å². The van der Waals surface area contributed by atoms with Crippen LogP contribution < -0.4 is 5.73 Å². The normalized spacial score (nSPS) is 16.5. The summed E-state index contributed by atoms with van der Waals surface area (Å²) in [6.45, 7) is 0.542. The summed E-state index contributed by atoms with van der Waals surface area (Å²) in [7, 11) is 0. The number of nitrogens with one attached hydrogen (secondary N) is 1. The molecule has 3 N–H and O–H groups in total. The van der Waals surface area contributed by atoms with Crippen molar-refractivity contribution in [3.05, 3.63) is 35.9 Å². The van der Waals surface area contributed by atoms with Gasteiger partial charge in [-0.25, -0.2) is 0 Å². The summed E-state index contributed by atoms with van der Waals surface area (Å²) < 4.78 is 5.64. The Morgan fingerprint density at radius 1 is 1.33 bits per heavy atom. The SMILES string of the molecule is Cl.N=C(N)C1(OCc2ccccc2)CC1. The Labute approximate surface area is 95.5 Å². The zero-order valence-corrected chi connectivity index (χ0v) is 9.22. The summed E-state index contributed by atoms with van der Waals surface area (Å²) >= 11 is 0. The molecule has 1 aliphatic rings. The Kier molecular flexibility index (Phi) is 3.72. The van der Waals surface area contributed by atoms with Crippen molar-refractivity contribution in [3.63, 3.8) is 0 Å². The average Bonchev–Trinajstić information content (AvgIpc) is 2.97. The third-order valence-electron chi connectivity index (χ3n) is 2.55. The summed E-state index contributed by atoms with van der Waals surface area (Å²) in [6.07, 6.45) is 1.77. The van der Waals surface area contributed by atoms with Gasteiger partial charge in [-0.3, -0.25) is 5.41 Å². The summed E-state index contributed by atoms with van der Waals surface area (Å²) in [6, 6.07) is 9.95. The molecule has 1 aliphatic carbocycles. The number of hydrogen-bond donors (Lipinski definition) is 2. The van der Waals surface area contributed by atoms with E-state index >= 15 is 0 Å². The molecule has 15 heavy (non-hydrogen) atoms. The lowest BCUT2D eigenvalue weighted by Crippen LogP contribution is -2.32. The highest BCUT2D eigenvalue weighted by Crippen LogP contribution is 2.39. The van der Waals surface area contributed by atoms with Gasteiger partial charge in [0.1, 0.15) is 11.4 Å². The minimum atomic E-state index is -0.435. The van der Waals surface area contributed by atoms with Crippen molar-refractivity contribution in [2.45, 2.75) is 25.0 Å². The molecule has 3 nitrogen and oxygen atoms in total. The largest absolute Gasteiger partial charge is 0.385 e. The van der Waals surface area contributed by atoms with Crippen LogP contribution in [0.15, 0.2) is 30.3 Å². The van der Waals surface area contributed by atoms with E-state index in [1.54, 1.807) is 0 Å². The molecule has 1 fully saturated rings. The van der Waals surface area contributed by atoms with E-state index in [9.17, 15) is 0 Å². The number of benzene rings is 1. The maximum atomic E-state index is 7.38. The smallest absolute Gasteiger partial charge is 0.125 e. The minimum absolute atomic E-state index is 0. The molecule has 4 heteroatoms. The van der Waals surface area contributed by atoms with Gasteiger partial charge in [0.25, 0.3) is 0 Å². The summed E-state index contributed by atoms with van der Waals surface area (Å²) in [5.41, 5.74) is 6.15. The van der Waals surface area contributed by atoms with Gasteiger partial charge in [-0.05, 0) is 18.4 Å². The first-order valence-corrected chi connectivity index (χ1v) is 4.75. The van der Waals surface area contributed by atoms with Gasteiger partial charge in [0, 0.05) is 0 Å². The fourth-order valence-corrected chi connectivity index (χ4v) is 1.40. The van der Waals surface area contributed by atoms with Gasteiger partial charge < -0.3 is 10.5 Å². The van der Waals surface area contributed by atoms with Crippen molar-refractivity contribution in [2.24, 2.45) is 5.73 Å². The molecule has 2 rings (SSSR count). The van der Waals surface area contributed by atoms with Crippen LogP contribution in [-0.2, 0) is 11.3 Å². The Hall–Kier alpha value is -1.06. The molecule has 1 aromatic rings. The maximum Gasteiger partial charge on any atom is 0.125 e. The van der Waals surface area contributed by atoms with E-state index in [2.05, 4.69) is 0 Å². The number of rotatable bonds is 4.